The van der Waals surface area contributed by atoms with Crippen LogP contribution in [0.1, 0.15) is 20.1 Å². The molecular formula is C20H26FN4O8P. The van der Waals surface area contributed by atoms with Gasteiger partial charge in [-0.1, -0.05) is 18.2 Å². The van der Waals surface area contributed by atoms with Crippen LogP contribution < -0.4 is 21.0 Å². The van der Waals surface area contributed by atoms with Gasteiger partial charge in [-0.25, -0.2) is 13.8 Å². The zero-order valence-corrected chi connectivity index (χ0v) is 19.6. The third-order valence-electron chi connectivity index (χ3n) is 5.11. The monoisotopic (exact) mass is 500 g/mol. The standard InChI is InChI=1S/C20H26FN4O8P/c1-12(17(27)30-3)24-34(29,33-13-7-5-4-6-8-13)31-11-14-16(26)20(2,21)18(32-14)25-10-9-15(22)23-19(25)28/h4-10,12,14,16,18,26H,11H2,1-3H3,(H,24,29)(H2,22,23,28)/t12-,14?,16+,18+,20+,34?/m0/s1. The lowest BCUT2D eigenvalue weighted by atomic mass is 9.98. The number of aromatic nitrogens is 2. The molecule has 1 fully saturated rings. The summed E-state index contributed by atoms with van der Waals surface area (Å²) in [6.45, 7) is 1.81. The number of ether oxygens (including phenoxy) is 2. The molecule has 2 heterocycles. The molecule has 186 valence electrons. The minimum Gasteiger partial charge on any atom is -0.468 e. The average molecular weight is 500 g/mol. The van der Waals surface area contributed by atoms with Gasteiger partial charge < -0.3 is 24.8 Å². The number of alkyl halides is 1. The summed E-state index contributed by atoms with van der Waals surface area (Å²) < 4.78 is 50.7. The molecule has 1 aliphatic heterocycles. The van der Waals surface area contributed by atoms with Crippen molar-refractivity contribution < 1.29 is 37.4 Å². The van der Waals surface area contributed by atoms with E-state index in [1.165, 1.54) is 31.3 Å². The van der Waals surface area contributed by atoms with E-state index in [0.717, 1.165) is 18.6 Å². The number of benzene rings is 1. The Balaban J connectivity index is 1.80. The van der Waals surface area contributed by atoms with Crippen molar-refractivity contribution in [3.8, 4) is 5.75 Å². The third kappa shape index (κ3) is 5.62. The molecule has 14 heteroatoms. The second kappa shape index (κ2) is 10.2. The quantitative estimate of drug-likeness (QED) is 0.334. The molecule has 0 spiro atoms. The summed E-state index contributed by atoms with van der Waals surface area (Å²) in [4.78, 5) is 27.5. The molecular weight excluding hydrogens is 474 g/mol. The maximum absolute atomic E-state index is 15.4. The van der Waals surface area contributed by atoms with Crippen LogP contribution in [0.5, 0.6) is 5.75 Å². The van der Waals surface area contributed by atoms with Crippen molar-refractivity contribution in [2.45, 2.75) is 44.0 Å². The number of anilines is 1. The molecule has 2 aromatic rings. The van der Waals surface area contributed by atoms with E-state index in [1.54, 1.807) is 18.2 Å². The van der Waals surface area contributed by atoms with E-state index in [9.17, 15) is 19.3 Å². The fraction of sp³-hybridized carbons (Fsp3) is 0.450. The minimum atomic E-state index is -4.25. The Kier molecular flexibility index (Phi) is 7.74. The van der Waals surface area contributed by atoms with Gasteiger partial charge in [-0.3, -0.25) is 13.9 Å². The largest absolute Gasteiger partial charge is 0.468 e. The number of aliphatic hydroxyl groups is 1. The smallest absolute Gasteiger partial charge is 0.459 e. The minimum absolute atomic E-state index is 0.0648. The number of halogens is 1. The molecule has 0 bridgehead atoms. The molecule has 6 atom stereocenters. The van der Waals surface area contributed by atoms with Crippen molar-refractivity contribution in [2.75, 3.05) is 19.5 Å². The predicted molar refractivity (Wildman–Crippen MR) is 118 cm³/mol. The van der Waals surface area contributed by atoms with E-state index < -0.39 is 56.2 Å². The van der Waals surface area contributed by atoms with E-state index in [0.29, 0.717) is 0 Å². The van der Waals surface area contributed by atoms with Gasteiger partial charge in [0.2, 0.25) is 0 Å². The Morgan fingerprint density at radius 3 is 2.71 bits per heavy atom. The lowest BCUT2D eigenvalue weighted by Crippen LogP contribution is -2.43. The first-order valence-corrected chi connectivity index (χ1v) is 11.7. The predicted octanol–water partition coefficient (Wildman–Crippen LogP) is 1.17. The van der Waals surface area contributed by atoms with Crippen molar-refractivity contribution in [3.05, 3.63) is 53.1 Å². The Labute approximate surface area is 194 Å². The second-order valence-electron chi connectivity index (χ2n) is 7.74. The number of nitrogen functional groups attached to an aromatic ring is 1. The molecule has 1 saturated heterocycles. The first-order valence-electron chi connectivity index (χ1n) is 10.2. The fourth-order valence-corrected chi connectivity index (χ4v) is 4.81. The number of nitrogens with two attached hydrogens (primary N) is 1. The number of hydrogen-bond donors (Lipinski definition) is 3. The van der Waals surface area contributed by atoms with Gasteiger partial charge in [0.15, 0.2) is 11.9 Å². The van der Waals surface area contributed by atoms with Crippen molar-refractivity contribution in [1.82, 2.24) is 14.6 Å². The first kappa shape index (κ1) is 25.8. The number of nitrogens with one attached hydrogen (secondary N) is 1. The topological polar surface area (TPSA) is 164 Å². The van der Waals surface area contributed by atoms with Gasteiger partial charge in [0.25, 0.3) is 0 Å². The summed E-state index contributed by atoms with van der Waals surface area (Å²) in [5, 5.41) is 13.0. The third-order valence-corrected chi connectivity index (χ3v) is 6.75. The molecule has 2 unspecified atom stereocenters. The van der Waals surface area contributed by atoms with E-state index in [1.807, 2.05) is 0 Å². The van der Waals surface area contributed by atoms with Crippen LogP contribution in [-0.2, 0) is 23.4 Å². The molecule has 12 nitrogen and oxygen atoms in total. The first-order chi connectivity index (χ1) is 16.0. The van der Waals surface area contributed by atoms with Gasteiger partial charge in [0, 0.05) is 6.20 Å². The van der Waals surface area contributed by atoms with Crippen LogP contribution in [-0.4, -0.2) is 58.3 Å². The second-order valence-corrected chi connectivity index (χ2v) is 9.43. The van der Waals surface area contributed by atoms with Crippen LogP contribution in [0.15, 0.2) is 47.4 Å². The number of methoxy groups -OCH3 is 1. The molecule has 0 amide bonds. The summed E-state index contributed by atoms with van der Waals surface area (Å²) in [7, 11) is -3.10. The van der Waals surface area contributed by atoms with E-state index in [-0.39, 0.29) is 11.6 Å². The maximum atomic E-state index is 15.4. The van der Waals surface area contributed by atoms with Crippen molar-refractivity contribution in [3.63, 3.8) is 0 Å². The highest BCUT2D eigenvalue weighted by Gasteiger charge is 2.56. The van der Waals surface area contributed by atoms with Crippen LogP contribution in [0.25, 0.3) is 0 Å². The van der Waals surface area contributed by atoms with Crippen LogP contribution in [0.2, 0.25) is 0 Å². The van der Waals surface area contributed by atoms with E-state index in [4.69, 9.17) is 19.5 Å². The van der Waals surface area contributed by atoms with Crippen molar-refractivity contribution in [1.29, 1.82) is 0 Å². The number of hydrogen-bond acceptors (Lipinski definition) is 10. The molecule has 3 rings (SSSR count). The highest BCUT2D eigenvalue weighted by molar-refractivity contribution is 7.52. The van der Waals surface area contributed by atoms with Gasteiger partial charge in [0.05, 0.1) is 13.7 Å². The Hall–Kier alpha value is -2.83. The lowest BCUT2D eigenvalue weighted by Gasteiger charge is -2.25. The highest BCUT2D eigenvalue weighted by atomic mass is 31.2. The van der Waals surface area contributed by atoms with Gasteiger partial charge in [0.1, 0.15) is 29.8 Å². The number of esters is 1. The number of para-hydroxylation sites is 1. The van der Waals surface area contributed by atoms with Gasteiger partial charge >= 0.3 is 19.4 Å². The SMILES string of the molecule is COC(=O)[C@H](C)NP(=O)(OCC1O[C@@H](n2ccc(N)nc2=O)[C@](C)(F)[C@@H]1O)Oc1ccccc1. The molecule has 0 radical (unpaired) electrons. The molecule has 4 N–H and O–H groups in total. The molecule has 0 saturated carbocycles. The van der Waals surface area contributed by atoms with Crippen LogP contribution in [0.4, 0.5) is 10.2 Å². The number of aliphatic hydroxyl groups excluding tert-OH is 1. The average Bonchev–Trinajstić information content (AvgIpc) is 3.01. The van der Waals surface area contributed by atoms with Crippen LogP contribution in [0.3, 0.4) is 0 Å². The van der Waals surface area contributed by atoms with E-state index >= 15 is 4.39 Å². The summed E-state index contributed by atoms with van der Waals surface area (Å²) in [5.41, 5.74) is 2.15. The molecule has 1 aromatic heterocycles. The van der Waals surface area contributed by atoms with Crippen molar-refractivity contribution in [2.24, 2.45) is 0 Å². The molecule has 34 heavy (non-hydrogen) atoms. The summed E-state index contributed by atoms with van der Waals surface area (Å²) >= 11 is 0. The Morgan fingerprint density at radius 1 is 1.41 bits per heavy atom. The normalized spacial score (nSPS) is 27.0. The molecule has 0 aliphatic carbocycles. The fourth-order valence-electron chi connectivity index (χ4n) is 3.30. The van der Waals surface area contributed by atoms with Crippen LogP contribution >= 0.6 is 7.75 Å². The Morgan fingerprint density at radius 2 is 2.09 bits per heavy atom. The Bertz CT molecular complexity index is 1120. The number of carbonyl (C=O) groups is 1. The summed E-state index contributed by atoms with van der Waals surface area (Å²) in [6.07, 6.45) is -3.50. The number of rotatable bonds is 9. The zero-order valence-electron chi connectivity index (χ0n) is 18.7. The van der Waals surface area contributed by atoms with Gasteiger partial charge in [-0.15, -0.1) is 0 Å². The number of nitrogens with zero attached hydrogens (tertiary/aromatic N) is 2. The summed E-state index contributed by atoms with van der Waals surface area (Å²) in [6, 6.07) is 8.18. The highest BCUT2D eigenvalue weighted by Crippen LogP contribution is 2.47. The zero-order chi connectivity index (χ0) is 25.1. The molecule has 1 aliphatic rings. The lowest BCUT2D eigenvalue weighted by molar-refractivity contribution is -0.142. The van der Waals surface area contributed by atoms with Crippen LogP contribution in [0, 0.1) is 0 Å². The van der Waals surface area contributed by atoms with E-state index in [2.05, 4.69) is 14.8 Å². The maximum Gasteiger partial charge on any atom is 0.459 e. The summed E-state index contributed by atoms with van der Waals surface area (Å²) in [5.74, 6) is -0.634. The van der Waals surface area contributed by atoms with Gasteiger partial charge in [-0.2, -0.15) is 10.1 Å². The number of carbonyl (C=O) groups excluding carboxylic acids is 1. The van der Waals surface area contributed by atoms with Gasteiger partial charge in [-0.05, 0) is 32.0 Å². The van der Waals surface area contributed by atoms with Crippen molar-refractivity contribution >= 4 is 19.5 Å². The molecule has 1 aromatic carbocycles.